The highest BCUT2D eigenvalue weighted by Gasteiger charge is 2.09. The monoisotopic (exact) mass is 455 g/mol. The van der Waals surface area contributed by atoms with Gasteiger partial charge in [-0.2, -0.15) is 0 Å². The van der Waals surface area contributed by atoms with Crippen LogP contribution in [-0.2, 0) is 12.2 Å². The molecule has 0 bridgehead atoms. The first kappa shape index (κ1) is 23.0. The van der Waals surface area contributed by atoms with Crippen molar-refractivity contribution in [3.05, 3.63) is 76.7 Å². The van der Waals surface area contributed by atoms with Crippen molar-refractivity contribution in [2.24, 2.45) is 0 Å². The minimum Gasteiger partial charge on any atom is -0.360 e. The van der Waals surface area contributed by atoms with E-state index in [0.29, 0.717) is 34.6 Å². The Balaban J connectivity index is 1.52. The van der Waals surface area contributed by atoms with Crippen LogP contribution in [0.1, 0.15) is 35.0 Å². The molecule has 0 aliphatic carbocycles. The van der Waals surface area contributed by atoms with Crippen molar-refractivity contribution in [3.63, 3.8) is 0 Å². The lowest BCUT2D eigenvalue weighted by Gasteiger charge is -2.17. The maximum Gasteiger partial charge on any atom is 0.251 e. The van der Waals surface area contributed by atoms with Crippen LogP contribution in [0.3, 0.4) is 0 Å². The molecule has 0 spiro atoms. The molecule has 6 nitrogen and oxygen atoms in total. The zero-order valence-corrected chi connectivity index (χ0v) is 19.3. The molecule has 3 rings (SSSR count). The Hall–Kier alpha value is -2.64. The quantitative estimate of drug-likeness (QED) is 0.273. The first-order valence-electron chi connectivity index (χ1n) is 10.2. The van der Waals surface area contributed by atoms with Gasteiger partial charge in [0.1, 0.15) is 11.0 Å². The predicted molar refractivity (Wildman–Crippen MR) is 127 cm³/mol. The maximum absolute atomic E-state index is 12.3. The van der Waals surface area contributed by atoms with Crippen molar-refractivity contribution in [2.45, 2.75) is 30.7 Å². The van der Waals surface area contributed by atoms with Gasteiger partial charge in [0.25, 0.3) is 5.91 Å². The summed E-state index contributed by atoms with van der Waals surface area (Å²) in [5, 5.41) is 4.01. The molecule has 0 aliphatic rings. The van der Waals surface area contributed by atoms with Crippen LogP contribution in [0, 0.1) is 0 Å². The predicted octanol–water partition coefficient (Wildman–Crippen LogP) is 4.64. The van der Waals surface area contributed by atoms with Gasteiger partial charge in [0.2, 0.25) is 0 Å². The second-order valence-corrected chi connectivity index (χ2v) is 8.40. The van der Waals surface area contributed by atoms with Crippen molar-refractivity contribution >= 4 is 35.1 Å². The fourth-order valence-corrected chi connectivity index (χ4v) is 3.98. The van der Waals surface area contributed by atoms with E-state index >= 15 is 0 Å². The number of anilines is 1. The Morgan fingerprint density at radius 1 is 1.16 bits per heavy atom. The SMILES string of the molecule is CCCN(C)c1cc(Cl)nc(SCc2ccc(C(=O)NCCc3ccccn3)cc2)n1. The third-order valence-electron chi connectivity index (χ3n) is 4.59. The van der Waals surface area contributed by atoms with Crippen LogP contribution in [0.2, 0.25) is 5.15 Å². The molecule has 1 aromatic carbocycles. The summed E-state index contributed by atoms with van der Waals surface area (Å²) < 4.78 is 0. The molecular weight excluding hydrogens is 430 g/mol. The van der Waals surface area contributed by atoms with Gasteiger partial charge in [0.15, 0.2) is 5.16 Å². The molecule has 0 unspecified atom stereocenters. The number of nitrogens with one attached hydrogen (secondary N) is 1. The van der Waals surface area contributed by atoms with Gasteiger partial charge in [-0.25, -0.2) is 9.97 Å². The average molecular weight is 456 g/mol. The minimum absolute atomic E-state index is 0.0862. The summed E-state index contributed by atoms with van der Waals surface area (Å²) in [6.45, 7) is 3.58. The number of aromatic nitrogens is 3. The van der Waals surface area contributed by atoms with Gasteiger partial charge in [-0.05, 0) is 36.2 Å². The summed E-state index contributed by atoms with van der Waals surface area (Å²) in [4.78, 5) is 27.6. The Kier molecular flexibility index (Phi) is 8.67. The molecule has 31 heavy (non-hydrogen) atoms. The number of halogens is 1. The number of nitrogens with zero attached hydrogens (tertiary/aromatic N) is 4. The first-order chi connectivity index (χ1) is 15.0. The lowest BCUT2D eigenvalue weighted by atomic mass is 10.1. The van der Waals surface area contributed by atoms with Crippen molar-refractivity contribution in [3.8, 4) is 0 Å². The summed E-state index contributed by atoms with van der Waals surface area (Å²) in [6.07, 6.45) is 3.49. The lowest BCUT2D eigenvalue weighted by molar-refractivity contribution is 0.0954. The second kappa shape index (κ2) is 11.7. The van der Waals surface area contributed by atoms with Crippen LogP contribution in [-0.4, -0.2) is 41.0 Å². The zero-order valence-electron chi connectivity index (χ0n) is 17.7. The zero-order chi connectivity index (χ0) is 22.1. The molecule has 3 aromatic rings. The average Bonchev–Trinajstić information content (AvgIpc) is 2.78. The Morgan fingerprint density at radius 3 is 2.68 bits per heavy atom. The second-order valence-electron chi connectivity index (χ2n) is 7.07. The third kappa shape index (κ3) is 7.22. The molecule has 0 atom stereocenters. The lowest BCUT2D eigenvalue weighted by Crippen LogP contribution is -2.25. The normalized spacial score (nSPS) is 10.7. The van der Waals surface area contributed by atoms with Gasteiger partial charge in [0.05, 0.1) is 0 Å². The minimum atomic E-state index is -0.0862. The molecule has 2 heterocycles. The fraction of sp³-hybridized carbons (Fsp3) is 0.304. The standard InChI is InChI=1S/C23H26ClN5OS/c1-3-14-29(2)21-15-20(24)27-23(28-21)31-16-17-7-9-18(10-8-17)22(30)26-13-11-19-6-4-5-12-25-19/h4-10,12,15H,3,11,13-14,16H2,1-2H3,(H,26,30). The Labute approximate surface area is 192 Å². The third-order valence-corrected chi connectivity index (χ3v) is 5.70. The van der Waals surface area contributed by atoms with E-state index in [9.17, 15) is 4.79 Å². The van der Waals surface area contributed by atoms with Gasteiger partial charge in [-0.3, -0.25) is 9.78 Å². The largest absolute Gasteiger partial charge is 0.360 e. The number of hydrogen-bond acceptors (Lipinski definition) is 6. The van der Waals surface area contributed by atoms with E-state index in [4.69, 9.17) is 11.6 Å². The van der Waals surface area contributed by atoms with E-state index in [1.165, 1.54) is 11.8 Å². The van der Waals surface area contributed by atoms with Gasteiger partial charge in [-0.15, -0.1) is 0 Å². The molecule has 2 aromatic heterocycles. The van der Waals surface area contributed by atoms with Crippen LogP contribution in [0.15, 0.2) is 59.9 Å². The molecule has 162 valence electrons. The number of hydrogen-bond donors (Lipinski definition) is 1. The number of thioether (sulfide) groups is 1. The summed E-state index contributed by atoms with van der Waals surface area (Å²) in [6, 6.07) is 15.1. The van der Waals surface area contributed by atoms with Crippen LogP contribution >= 0.6 is 23.4 Å². The van der Waals surface area contributed by atoms with Gasteiger partial charge in [0, 0.05) is 55.8 Å². The fourth-order valence-electron chi connectivity index (χ4n) is 2.95. The molecule has 0 saturated heterocycles. The molecule has 8 heteroatoms. The first-order valence-corrected chi connectivity index (χ1v) is 11.6. The number of amides is 1. The van der Waals surface area contributed by atoms with E-state index < -0.39 is 0 Å². The van der Waals surface area contributed by atoms with Gasteiger partial charge >= 0.3 is 0 Å². The molecule has 0 saturated carbocycles. The van der Waals surface area contributed by atoms with Crippen LogP contribution < -0.4 is 10.2 Å². The van der Waals surface area contributed by atoms with E-state index in [2.05, 4.69) is 32.1 Å². The summed E-state index contributed by atoms with van der Waals surface area (Å²) in [5.74, 6) is 1.43. The molecular formula is C23H26ClN5OS. The number of benzene rings is 1. The van der Waals surface area contributed by atoms with Gasteiger partial charge in [-0.1, -0.05) is 48.5 Å². The van der Waals surface area contributed by atoms with E-state index in [1.54, 1.807) is 12.3 Å². The molecule has 0 aliphatic heterocycles. The molecule has 1 N–H and O–H groups in total. The van der Waals surface area contributed by atoms with Crippen LogP contribution in [0.25, 0.3) is 0 Å². The van der Waals surface area contributed by atoms with Crippen LogP contribution in [0.4, 0.5) is 5.82 Å². The number of rotatable bonds is 10. The molecule has 1 amide bonds. The Bertz CT molecular complexity index is 985. The summed E-state index contributed by atoms with van der Waals surface area (Å²) in [5.41, 5.74) is 2.68. The Morgan fingerprint density at radius 2 is 1.97 bits per heavy atom. The van der Waals surface area contributed by atoms with Crippen LogP contribution in [0.5, 0.6) is 0 Å². The summed E-state index contributed by atoms with van der Waals surface area (Å²) >= 11 is 7.70. The highest BCUT2D eigenvalue weighted by Crippen LogP contribution is 2.24. The van der Waals surface area contributed by atoms with Gasteiger partial charge < -0.3 is 10.2 Å². The highest BCUT2D eigenvalue weighted by atomic mass is 35.5. The number of carbonyl (C=O) groups excluding carboxylic acids is 1. The van der Waals surface area contributed by atoms with E-state index in [0.717, 1.165) is 30.0 Å². The smallest absolute Gasteiger partial charge is 0.251 e. The molecule has 0 fully saturated rings. The number of carbonyl (C=O) groups is 1. The van der Waals surface area contributed by atoms with Crippen molar-refractivity contribution in [2.75, 3.05) is 25.0 Å². The van der Waals surface area contributed by atoms with Crippen molar-refractivity contribution in [1.29, 1.82) is 0 Å². The van der Waals surface area contributed by atoms with Crippen molar-refractivity contribution < 1.29 is 4.79 Å². The summed E-state index contributed by atoms with van der Waals surface area (Å²) in [7, 11) is 2.00. The molecule has 0 radical (unpaired) electrons. The highest BCUT2D eigenvalue weighted by molar-refractivity contribution is 7.98. The topological polar surface area (TPSA) is 71.0 Å². The maximum atomic E-state index is 12.3. The van der Waals surface area contributed by atoms with Crippen molar-refractivity contribution in [1.82, 2.24) is 20.3 Å². The number of pyridine rings is 1. The van der Waals surface area contributed by atoms with E-state index in [1.807, 2.05) is 49.5 Å². The van der Waals surface area contributed by atoms with E-state index in [-0.39, 0.29) is 5.91 Å².